The summed E-state index contributed by atoms with van der Waals surface area (Å²) in [5.74, 6) is -0.866. The number of aromatic amines is 2. The Morgan fingerprint density at radius 3 is 2.59 bits per heavy atom. The normalized spacial score (nSPS) is 11.1. The van der Waals surface area contributed by atoms with Gasteiger partial charge in [-0.3, -0.25) is 14.4 Å². The summed E-state index contributed by atoms with van der Waals surface area (Å²) in [7, 11) is 0. The number of nitrogens with zero attached hydrogens (tertiary/aromatic N) is 1. The van der Waals surface area contributed by atoms with Crippen molar-refractivity contribution >= 4 is 33.4 Å². The van der Waals surface area contributed by atoms with Crippen molar-refractivity contribution in [1.29, 1.82) is 0 Å². The van der Waals surface area contributed by atoms with Gasteiger partial charge in [-0.1, -0.05) is 43.3 Å². The Bertz CT molecular complexity index is 1290. The first-order chi connectivity index (χ1) is 14.1. The highest BCUT2D eigenvalue weighted by Gasteiger charge is 2.17. The van der Waals surface area contributed by atoms with Gasteiger partial charge < -0.3 is 9.72 Å². The summed E-state index contributed by atoms with van der Waals surface area (Å²) in [4.78, 5) is 39.8. The van der Waals surface area contributed by atoms with Gasteiger partial charge in [0.1, 0.15) is 0 Å². The standard InChI is InChI=1S/C22H19N3O4/c1-2-13-6-5-9-15-17(11-23-21(13)15)19(26)12-29-20(27)10-18-14-7-3-4-8-16(14)22(28)25-24-18/h3-9,11,23H,2,10,12H2,1H3,(H,25,28). The van der Waals surface area contributed by atoms with Crippen LogP contribution in [0.5, 0.6) is 0 Å². The minimum Gasteiger partial charge on any atom is -0.457 e. The van der Waals surface area contributed by atoms with Crippen LogP contribution in [0, 0.1) is 0 Å². The zero-order valence-corrected chi connectivity index (χ0v) is 15.8. The molecule has 0 unspecified atom stereocenters. The molecule has 4 rings (SSSR count). The van der Waals surface area contributed by atoms with Crippen LogP contribution in [0.1, 0.15) is 28.5 Å². The topological polar surface area (TPSA) is 105 Å². The van der Waals surface area contributed by atoms with Crippen molar-refractivity contribution in [3.8, 4) is 0 Å². The summed E-state index contributed by atoms with van der Waals surface area (Å²) in [5.41, 5.74) is 2.62. The van der Waals surface area contributed by atoms with Gasteiger partial charge in [-0.05, 0) is 18.1 Å². The van der Waals surface area contributed by atoms with E-state index in [9.17, 15) is 14.4 Å². The molecule has 0 fully saturated rings. The molecule has 2 heterocycles. The summed E-state index contributed by atoms with van der Waals surface area (Å²) in [6, 6.07) is 12.7. The van der Waals surface area contributed by atoms with Gasteiger partial charge in [0.15, 0.2) is 6.61 Å². The molecule has 2 aromatic carbocycles. The maximum absolute atomic E-state index is 12.6. The smallest absolute Gasteiger partial charge is 0.312 e. The predicted molar refractivity (Wildman–Crippen MR) is 109 cm³/mol. The largest absolute Gasteiger partial charge is 0.457 e. The number of fused-ring (bicyclic) bond motifs is 2. The van der Waals surface area contributed by atoms with Crippen LogP contribution >= 0.6 is 0 Å². The van der Waals surface area contributed by atoms with Crippen molar-refractivity contribution < 1.29 is 14.3 Å². The number of aryl methyl sites for hydroxylation is 1. The van der Waals surface area contributed by atoms with E-state index < -0.39 is 5.97 Å². The molecule has 0 atom stereocenters. The van der Waals surface area contributed by atoms with Gasteiger partial charge in [0.05, 0.1) is 17.5 Å². The van der Waals surface area contributed by atoms with Gasteiger partial charge in [0.25, 0.3) is 5.56 Å². The number of hydrogen-bond donors (Lipinski definition) is 2. The van der Waals surface area contributed by atoms with E-state index in [1.54, 1.807) is 30.5 Å². The van der Waals surface area contributed by atoms with Crippen LogP contribution in [-0.4, -0.2) is 33.5 Å². The molecule has 0 spiro atoms. The molecule has 29 heavy (non-hydrogen) atoms. The van der Waals surface area contributed by atoms with E-state index >= 15 is 0 Å². The molecule has 7 nitrogen and oxygen atoms in total. The highest BCUT2D eigenvalue weighted by Crippen LogP contribution is 2.22. The van der Waals surface area contributed by atoms with Crippen molar-refractivity contribution in [3.63, 3.8) is 0 Å². The Balaban J connectivity index is 1.48. The minimum absolute atomic E-state index is 0.140. The molecule has 0 aliphatic rings. The van der Waals surface area contributed by atoms with Crippen LogP contribution < -0.4 is 5.56 Å². The lowest BCUT2D eigenvalue weighted by Gasteiger charge is -2.06. The third-order valence-corrected chi connectivity index (χ3v) is 4.93. The fraction of sp³-hybridized carbons (Fsp3) is 0.182. The number of benzene rings is 2. The number of ether oxygens (including phenoxy) is 1. The van der Waals surface area contributed by atoms with Crippen LogP contribution in [0.4, 0.5) is 0 Å². The number of hydrogen-bond acceptors (Lipinski definition) is 5. The molecular weight excluding hydrogens is 370 g/mol. The summed E-state index contributed by atoms with van der Waals surface area (Å²) < 4.78 is 5.18. The number of carbonyl (C=O) groups excluding carboxylic acids is 2. The zero-order valence-electron chi connectivity index (χ0n) is 15.8. The molecule has 0 saturated carbocycles. The Hall–Kier alpha value is -3.74. The summed E-state index contributed by atoms with van der Waals surface area (Å²) >= 11 is 0. The monoisotopic (exact) mass is 389 g/mol. The molecule has 4 aromatic rings. The van der Waals surface area contributed by atoms with Crippen LogP contribution in [-0.2, 0) is 22.4 Å². The quantitative estimate of drug-likeness (QED) is 0.390. The lowest BCUT2D eigenvalue weighted by atomic mass is 10.1. The third-order valence-electron chi connectivity index (χ3n) is 4.93. The van der Waals surface area contributed by atoms with E-state index in [2.05, 4.69) is 15.2 Å². The Labute approximate surface area is 165 Å². The number of rotatable bonds is 6. The number of H-pyrrole nitrogens is 2. The average Bonchev–Trinajstić information content (AvgIpc) is 3.18. The Kier molecular flexibility index (Phi) is 4.95. The molecule has 0 saturated heterocycles. The molecule has 0 radical (unpaired) electrons. The summed E-state index contributed by atoms with van der Waals surface area (Å²) in [5, 5.41) is 8.19. The molecule has 0 amide bonds. The van der Waals surface area contributed by atoms with Gasteiger partial charge in [0.2, 0.25) is 5.78 Å². The van der Waals surface area contributed by atoms with Crippen LogP contribution in [0.2, 0.25) is 0 Å². The fourth-order valence-corrected chi connectivity index (χ4v) is 3.46. The van der Waals surface area contributed by atoms with Crippen LogP contribution in [0.15, 0.2) is 53.5 Å². The van der Waals surface area contributed by atoms with E-state index in [0.717, 1.165) is 22.9 Å². The molecule has 2 N–H and O–H groups in total. The van der Waals surface area contributed by atoms with E-state index in [1.165, 1.54) is 0 Å². The average molecular weight is 389 g/mol. The molecule has 0 aliphatic heterocycles. The second-order valence-electron chi connectivity index (χ2n) is 6.70. The Morgan fingerprint density at radius 2 is 1.79 bits per heavy atom. The highest BCUT2D eigenvalue weighted by atomic mass is 16.5. The first kappa shape index (κ1) is 18.6. The number of Topliss-reactive ketones (excluding diaryl/α,β-unsaturated/α-hetero) is 1. The predicted octanol–water partition coefficient (Wildman–Crippen LogP) is 2.94. The Morgan fingerprint density at radius 1 is 1.03 bits per heavy atom. The number of ketones is 1. The van der Waals surface area contributed by atoms with Crippen molar-refractivity contribution in [3.05, 3.63) is 75.8 Å². The van der Waals surface area contributed by atoms with Gasteiger partial charge in [0, 0.05) is 28.0 Å². The van der Waals surface area contributed by atoms with Crippen LogP contribution in [0.3, 0.4) is 0 Å². The number of para-hydroxylation sites is 1. The lowest BCUT2D eigenvalue weighted by molar-refractivity contribution is -0.141. The van der Waals surface area contributed by atoms with Gasteiger partial charge in [-0.2, -0.15) is 5.10 Å². The number of nitrogens with one attached hydrogen (secondary N) is 2. The van der Waals surface area contributed by atoms with Gasteiger partial charge in [-0.25, -0.2) is 5.10 Å². The van der Waals surface area contributed by atoms with Crippen molar-refractivity contribution in [2.75, 3.05) is 6.61 Å². The van der Waals surface area contributed by atoms with Crippen molar-refractivity contribution in [2.24, 2.45) is 0 Å². The summed E-state index contributed by atoms with van der Waals surface area (Å²) in [6.07, 6.45) is 2.36. The third kappa shape index (κ3) is 3.54. The van der Waals surface area contributed by atoms with E-state index in [1.807, 2.05) is 25.1 Å². The zero-order chi connectivity index (χ0) is 20.4. The molecule has 146 valence electrons. The maximum atomic E-state index is 12.6. The van der Waals surface area contributed by atoms with Crippen molar-refractivity contribution in [2.45, 2.75) is 19.8 Å². The highest BCUT2D eigenvalue weighted by molar-refractivity contribution is 6.09. The molecule has 0 bridgehead atoms. The number of carbonyl (C=O) groups is 2. The first-order valence-electron chi connectivity index (χ1n) is 9.32. The van der Waals surface area contributed by atoms with Gasteiger partial charge >= 0.3 is 5.97 Å². The van der Waals surface area contributed by atoms with E-state index in [-0.39, 0.29) is 24.4 Å². The maximum Gasteiger partial charge on any atom is 0.312 e. The molecular formula is C22H19N3O4. The molecule has 0 aliphatic carbocycles. The second-order valence-corrected chi connectivity index (χ2v) is 6.70. The fourth-order valence-electron chi connectivity index (χ4n) is 3.46. The SMILES string of the molecule is CCc1cccc2c(C(=O)COC(=O)Cc3n[nH]c(=O)c4ccccc34)c[nH]c12. The first-order valence-corrected chi connectivity index (χ1v) is 9.32. The second kappa shape index (κ2) is 7.71. The van der Waals surface area contributed by atoms with Crippen molar-refractivity contribution in [1.82, 2.24) is 15.2 Å². The lowest BCUT2D eigenvalue weighted by Crippen LogP contribution is -2.18. The van der Waals surface area contributed by atoms with E-state index in [0.29, 0.717) is 22.0 Å². The molecule has 2 aromatic heterocycles. The number of esters is 1. The van der Waals surface area contributed by atoms with E-state index in [4.69, 9.17) is 4.74 Å². The minimum atomic E-state index is -0.586. The molecule has 7 heteroatoms. The number of aromatic nitrogens is 3. The summed E-state index contributed by atoms with van der Waals surface area (Å²) in [6.45, 7) is 1.69. The van der Waals surface area contributed by atoms with Gasteiger partial charge in [-0.15, -0.1) is 0 Å². The van der Waals surface area contributed by atoms with Crippen LogP contribution in [0.25, 0.3) is 21.7 Å².